The van der Waals surface area contributed by atoms with Crippen molar-refractivity contribution in [2.75, 3.05) is 0 Å². The Kier molecular flexibility index (Phi) is 8.49. The lowest BCUT2D eigenvalue weighted by Crippen LogP contribution is -2.19. The molecule has 0 aromatic heterocycles. The summed E-state index contributed by atoms with van der Waals surface area (Å²) in [4.78, 5) is 0. The fourth-order valence-electron chi connectivity index (χ4n) is 6.51. The van der Waals surface area contributed by atoms with Gasteiger partial charge in [-0.1, -0.05) is 80.9 Å². The fraction of sp³-hybridized carbons (Fsp3) is 0.655. The molecule has 2 saturated carbocycles. The number of halogens is 3. The van der Waals surface area contributed by atoms with Gasteiger partial charge in [0.1, 0.15) is 16.7 Å². The van der Waals surface area contributed by atoms with Gasteiger partial charge in [-0.25, -0.2) is 8.78 Å². The number of allylic oxidation sites excluding steroid dienone is 4. The third-order valence-electron chi connectivity index (χ3n) is 8.64. The second-order valence-electron chi connectivity index (χ2n) is 10.8. The van der Waals surface area contributed by atoms with Crippen LogP contribution in [-0.4, -0.2) is 0 Å². The molecule has 0 unspecified atom stereocenters. The van der Waals surface area contributed by atoms with Gasteiger partial charge in [0.25, 0.3) is 0 Å². The average molecular weight is 461 g/mol. The van der Waals surface area contributed by atoms with E-state index in [9.17, 15) is 8.78 Å². The molecule has 1 aromatic rings. The molecule has 0 spiro atoms. The van der Waals surface area contributed by atoms with Crippen LogP contribution in [0.4, 0.5) is 8.78 Å². The van der Waals surface area contributed by atoms with Crippen LogP contribution in [0.15, 0.2) is 35.9 Å². The van der Waals surface area contributed by atoms with Gasteiger partial charge in [0.2, 0.25) is 0 Å². The second-order valence-corrected chi connectivity index (χ2v) is 11.2. The zero-order chi connectivity index (χ0) is 22.5. The van der Waals surface area contributed by atoms with E-state index in [2.05, 4.69) is 25.2 Å². The fourth-order valence-corrected chi connectivity index (χ4v) is 6.61. The zero-order valence-electron chi connectivity index (χ0n) is 19.6. The molecule has 32 heavy (non-hydrogen) atoms. The molecule has 0 radical (unpaired) electrons. The topological polar surface area (TPSA) is 0 Å². The van der Waals surface area contributed by atoms with Crippen LogP contribution in [0.1, 0.15) is 102 Å². The maximum absolute atomic E-state index is 13.8. The Labute approximate surface area is 198 Å². The van der Waals surface area contributed by atoms with Crippen molar-refractivity contribution >= 4 is 11.6 Å². The summed E-state index contributed by atoms with van der Waals surface area (Å²) in [5.74, 6) is 2.40. The number of benzene rings is 1. The highest BCUT2D eigenvalue weighted by Crippen LogP contribution is 2.41. The molecule has 0 saturated heterocycles. The van der Waals surface area contributed by atoms with Crippen LogP contribution in [0.3, 0.4) is 0 Å². The molecule has 3 aliphatic rings. The lowest BCUT2D eigenvalue weighted by atomic mass is 9.73. The van der Waals surface area contributed by atoms with Crippen molar-refractivity contribution in [1.29, 1.82) is 0 Å². The van der Waals surface area contributed by atoms with E-state index in [4.69, 9.17) is 11.6 Å². The molecule has 2 fully saturated rings. The van der Waals surface area contributed by atoms with Crippen LogP contribution in [-0.2, 0) is 0 Å². The molecule has 0 heterocycles. The Hall–Kier alpha value is -1.15. The van der Waals surface area contributed by atoms with Crippen molar-refractivity contribution < 1.29 is 8.78 Å². The molecule has 0 bridgehead atoms. The molecule has 0 N–H and O–H groups in total. The number of hydrogen-bond acceptors (Lipinski definition) is 0. The second kappa shape index (κ2) is 11.3. The van der Waals surface area contributed by atoms with Gasteiger partial charge in [-0.2, -0.15) is 0 Å². The van der Waals surface area contributed by atoms with Crippen molar-refractivity contribution in [3.05, 3.63) is 58.2 Å². The first-order valence-electron chi connectivity index (χ1n) is 13.0. The van der Waals surface area contributed by atoms with Crippen LogP contribution in [0.5, 0.6) is 0 Å². The van der Waals surface area contributed by atoms with Crippen molar-refractivity contribution in [3.8, 4) is 0 Å². The molecule has 0 nitrogen and oxygen atoms in total. The van der Waals surface area contributed by atoms with Crippen LogP contribution in [0.2, 0.25) is 5.02 Å². The van der Waals surface area contributed by atoms with Crippen molar-refractivity contribution in [3.63, 3.8) is 0 Å². The summed E-state index contributed by atoms with van der Waals surface area (Å²) >= 11 is 5.64. The predicted octanol–water partition coefficient (Wildman–Crippen LogP) is 9.78. The zero-order valence-corrected chi connectivity index (χ0v) is 20.4. The van der Waals surface area contributed by atoms with Gasteiger partial charge in [-0.15, -0.1) is 0 Å². The lowest BCUT2D eigenvalue weighted by Gasteiger charge is -2.33. The third kappa shape index (κ3) is 6.25. The van der Waals surface area contributed by atoms with E-state index < -0.39 is 11.6 Å². The minimum Gasteiger partial charge on any atom is -0.205 e. The summed E-state index contributed by atoms with van der Waals surface area (Å²) < 4.78 is 27.6. The van der Waals surface area contributed by atoms with Gasteiger partial charge < -0.3 is 0 Å². The summed E-state index contributed by atoms with van der Waals surface area (Å²) in [6.07, 6.45) is 23.6. The summed E-state index contributed by atoms with van der Waals surface area (Å²) in [6, 6.07) is 2.88. The van der Waals surface area contributed by atoms with Crippen LogP contribution in [0.25, 0.3) is 0 Å². The molecule has 3 heteroatoms. The summed E-state index contributed by atoms with van der Waals surface area (Å²) in [7, 11) is 0. The quantitative estimate of drug-likeness (QED) is 0.355. The summed E-state index contributed by atoms with van der Waals surface area (Å²) in [5.41, 5.74) is 2.45. The molecule has 4 rings (SSSR count). The maximum Gasteiger partial charge on any atom is 0.145 e. The first-order chi connectivity index (χ1) is 15.5. The highest BCUT2D eigenvalue weighted by Gasteiger charge is 2.27. The third-order valence-corrected chi connectivity index (χ3v) is 9.00. The van der Waals surface area contributed by atoms with Crippen molar-refractivity contribution in [2.24, 2.45) is 23.7 Å². The van der Waals surface area contributed by atoms with Gasteiger partial charge in [-0.05, 0) is 92.2 Å². The predicted molar refractivity (Wildman–Crippen MR) is 131 cm³/mol. The maximum atomic E-state index is 13.8. The van der Waals surface area contributed by atoms with E-state index in [0.717, 1.165) is 42.1 Å². The monoisotopic (exact) mass is 460 g/mol. The minimum absolute atomic E-state index is 0.278. The van der Waals surface area contributed by atoms with Crippen LogP contribution >= 0.6 is 11.6 Å². The van der Waals surface area contributed by atoms with E-state index >= 15 is 0 Å². The smallest absolute Gasteiger partial charge is 0.145 e. The number of rotatable bonds is 7. The standard InChI is InChI=1S/C29H39ClF2/c1-20(24-5-3-2-4-6-24)17-23-11-9-21(10-12-23)7-8-22-13-15-25(16-14-22)26-18-27(31)29(30)28(32)19-26/h2-3,5,18-23,25H,4,6-17H2,1H3/t20-,21?,22?,23?,25?/m1/s1. The first kappa shape index (κ1) is 24.0. The van der Waals surface area contributed by atoms with E-state index in [0.29, 0.717) is 0 Å². The Morgan fingerprint density at radius 3 is 2.00 bits per heavy atom. The van der Waals surface area contributed by atoms with Crippen molar-refractivity contribution in [2.45, 2.75) is 96.3 Å². The average Bonchev–Trinajstić information content (AvgIpc) is 2.82. The Morgan fingerprint density at radius 1 is 0.875 bits per heavy atom. The molecule has 1 atom stereocenters. The normalized spacial score (nSPS) is 29.6. The number of hydrogen-bond donors (Lipinski definition) is 0. The molecule has 0 aliphatic heterocycles. The highest BCUT2D eigenvalue weighted by molar-refractivity contribution is 6.30. The molecule has 0 amide bonds. The lowest BCUT2D eigenvalue weighted by molar-refractivity contribution is 0.216. The Balaban J connectivity index is 1.15. The molecular formula is C29H39ClF2. The molecule has 1 aromatic carbocycles. The van der Waals surface area contributed by atoms with Gasteiger partial charge in [0.15, 0.2) is 0 Å². The minimum atomic E-state index is -0.624. The van der Waals surface area contributed by atoms with Crippen LogP contribution in [0, 0.1) is 35.3 Å². The van der Waals surface area contributed by atoms with Gasteiger partial charge in [0.05, 0.1) is 0 Å². The van der Waals surface area contributed by atoms with Crippen LogP contribution < -0.4 is 0 Å². The summed E-state index contributed by atoms with van der Waals surface area (Å²) in [6.45, 7) is 2.43. The molecular weight excluding hydrogens is 422 g/mol. The SMILES string of the molecule is C[C@H](CC1CCC(CCC2CCC(c3cc(F)c(Cl)c(F)c3)CC2)CC1)C1=CC=CCC1. The Bertz CT molecular complexity index is 787. The van der Waals surface area contributed by atoms with E-state index in [1.807, 2.05) is 0 Å². The first-order valence-corrected chi connectivity index (χ1v) is 13.4. The largest absolute Gasteiger partial charge is 0.205 e. The Morgan fingerprint density at radius 2 is 1.44 bits per heavy atom. The van der Waals surface area contributed by atoms with E-state index in [1.54, 1.807) is 5.57 Å². The van der Waals surface area contributed by atoms with Gasteiger partial charge in [-0.3, -0.25) is 0 Å². The highest BCUT2D eigenvalue weighted by atomic mass is 35.5. The van der Waals surface area contributed by atoms with Gasteiger partial charge in [0, 0.05) is 0 Å². The van der Waals surface area contributed by atoms with E-state index in [-0.39, 0.29) is 10.9 Å². The molecule has 176 valence electrons. The summed E-state index contributed by atoms with van der Waals surface area (Å²) in [5, 5.41) is -0.380. The van der Waals surface area contributed by atoms with E-state index in [1.165, 1.54) is 82.8 Å². The van der Waals surface area contributed by atoms with Gasteiger partial charge >= 0.3 is 0 Å². The molecule has 3 aliphatic carbocycles. The van der Waals surface area contributed by atoms with Crippen molar-refractivity contribution in [1.82, 2.24) is 0 Å².